The van der Waals surface area contributed by atoms with Crippen LogP contribution in [0.3, 0.4) is 0 Å². The first-order valence-corrected chi connectivity index (χ1v) is 8.27. The lowest BCUT2D eigenvalue weighted by Crippen LogP contribution is -2.45. The highest BCUT2D eigenvalue weighted by atomic mass is 35.5. The van der Waals surface area contributed by atoms with Crippen LogP contribution in [0.15, 0.2) is 23.1 Å². The molecule has 118 valence electrons. The minimum absolute atomic E-state index is 0. The Kier molecular flexibility index (Phi) is 7.65. The van der Waals surface area contributed by atoms with Gasteiger partial charge in [0.05, 0.1) is 10.3 Å². The molecule has 1 aromatic rings. The molecule has 1 amide bonds. The van der Waals surface area contributed by atoms with Crippen molar-refractivity contribution in [1.29, 1.82) is 0 Å². The topological polar surface area (TPSA) is 46.3 Å². The molecule has 2 N–H and O–H groups in total. The van der Waals surface area contributed by atoms with Crippen molar-refractivity contribution < 1.29 is 4.79 Å². The van der Waals surface area contributed by atoms with Gasteiger partial charge in [0.2, 0.25) is 5.91 Å². The Morgan fingerprint density at radius 1 is 1.38 bits per heavy atom. The Morgan fingerprint density at radius 3 is 2.62 bits per heavy atom. The number of nitrogens with zero attached hydrogens (tertiary/aromatic N) is 1. The minimum Gasteiger partial charge on any atom is -0.342 e. The maximum Gasteiger partial charge on any atom is 0.235 e. The van der Waals surface area contributed by atoms with Crippen molar-refractivity contribution >= 4 is 53.3 Å². The smallest absolute Gasteiger partial charge is 0.235 e. The van der Waals surface area contributed by atoms with E-state index in [0.717, 1.165) is 30.8 Å². The predicted molar refractivity (Wildman–Crippen MR) is 92.8 cm³/mol. The fraction of sp³-hybridized carbons (Fsp3) is 0.500. The first kappa shape index (κ1) is 18.9. The molecule has 0 aliphatic carbocycles. The Bertz CT molecular complexity index is 493. The van der Waals surface area contributed by atoms with Crippen molar-refractivity contribution in [2.75, 3.05) is 13.1 Å². The van der Waals surface area contributed by atoms with Crippen LogP contribution >= 0.6 is 47.4 Å². The molecular weight excluding hydrogens is 351 g/mol. The molecule has 1 aromatic carbocycles. The van der Waals surface area contributed by atoms with Crippen molar-refractivity contribution in [3.8, 4) is 0 Å². The van der Waals surface area contributed by atoms with E-state index in [1.54, 1.807) is 18.2 Å². The van der Waals surface area contributed by atoms with E-state index in [0.29, 0.717) is 10.0 Å². The van der Waals surface area contributed by atoms with Gasteiger partial charge in [0.15, 0.2) is 0 Å². The molecule has 7 heteroatoms. The summed E-state index contributed by atoms with van der Waals surface area (Å²) in [7, 11) is 0. The number of likely N-dealkylation sites (tertiary alicyclic amines) is 1. The Hall–Kier alpha value is -0.130. The number of carbonyl (C=O) groups excluding carboxylic acids is 1. The minimum atomic E-state index is -0.180. The van der Waals surface area contributed by atoms with Gasteiger partial charge >= 0.3 is 0 Å². The largest absolute Gasteiger partial charge is 0.342 e. The van der Waals surface area contributed by atoms with E-state index in [1.807, 2.05) is 11.8 Å². The summed E-state index contributed by atoms with van der Waals surface area (Å²) < 4.78 is 0. The van der Waals surface area contributed by atoms with Gasteiger partial charge in [-0.1, -0.05) is 23.2 Å². The number of carbonyl (C=O) groups is 1. The average molecular weight is 370 g/mol. The summed E-state index contributed by atoms with van der Waals surface area (Å²) in [6, 6.07) is 5.52. The molecule has 1 heterocycles. The number of rotatable bonds is 3. The SMILES string of the molecule is CC(Sc1cc(Cl)ccc1Cl)C(=O)N1CCC(N)CC1.Cl. The van der Waals surface area contributed by atoms with Crippen molar-refractivity contribution in [1.82, 2.24) is 4.90 Å². The molecule has 0 spiro atoms. The summed E-state index contributed by atoms with van der Waals surface area (Å²) in [5.41, 5.74) is 5.86. The van der Waals surface area contributed by atoms with Crippen molar-refractivity contribution in [3.63, 3.8) is 0 Å². The van der Waals surface area contributed by atoms with Crippen LogP contribution in [0.2, 0.25) is 10.0 Å². The van der Waals surface area contributed by atoms with Gasteiger partial charge in [-0.25, -0.2) is 0 Å². The summed E-state index contributed by atoms with van der Waals surface area (Å²) >= 11 is 13.5. The Balaban J connectivity index is 0.00000220. The number of halogens is 3. The molecule has 0 aromatic heterocycles. The van der Waals surface area contributed by atoms with Crippen molar-refractivity contribution in [2.24, 2.45) is 5.73 Å². The third kappa shape index (κ3) is 5.22. The van der Waals surface area contributed by atoms with E-state index < -0.39 is 0 Å². The fourth-order valence-corrected chi connectivity index (χ4v) is 3.68. The number of hydrogen-bond acceptors (Lipinski definition) is 3. The highest BCUT2D eigenvalue weighted by Crippen LogP contribution is 2.33. The zero-order chi connectivity index (χ0) is 14.7. The van der Waals surface area contributed by atoms with Crippen LogP contribution in [-0.4, -0.2) is 35.2 Å². The molecular formula is C14H19Cl3N2OS. The van der Waals surface area contributed by atoms with Crippen molar-refractivity contribution in [3.05, 3.63) is 28.2 Å². The van der Waals surface area contributed by atoms with E-state index in [2.05, 4.69) is 0 Å². The zero-order valence-corrected chi connectivity index (χ0v) is 14.9. The number of piperidine rings is 1. The van der Waals surface area contributed by atoms with E-state index in [1.165, 1.54) is 11.8 Å². The lowest BCUT2D eigenvalue weighted by Gasteiger charge is -2.32. The number of benzene rings is 1. The van der Waals surface area contributed by atoms with E-state index >= 15 is 0 Å². The van der Waals surface area contributed by atoms with Gasteiger partial charge in [0.1, 0.15) is 0 Å². The molecule has 1 aliphatic heterocycles. The molecule has 1 atom stereocenters. The van der Waals surface area contributed by atoms with Gasteiger partial charge < -0.3 is 10.6 Å². The van der Waals surface area contributed by atoms with Gasteiger partial charge in [-0.05, 0) is 38.0 Å². The fourth-order valence-electron chi connectivity index (χ4n) is 2.19. The maximum atomic E-state index is 12.4. The van der Waals surface area contributed by atoms with E-state index in [-0.39, 0.29) is 29.6 Å². The molecule has 21 heavy (non-hydrogen) atoms. The monoisotopic (exact) mass is 368 g/mol. The molecule has 1 fully saturated rings. The lowest BCUT2D eigenvalue weighted by molar-refractivity contribution is -0.131. The molecule has 0 bridgehead atoms. The standard InChI is InChI=1S/C14H18Cl2N2OS.ClH/c1-9(14(19)18-6-4-11(17)5-7-18)20-13-8-10(15)2-3-12(13)16;/h2-3,8-9,11H,4-7,17H2,1H3;1H. The number of amides is 1. The molecule has 3 nitrogen and oxygen atoms in total. The Labute approximate surface area is 145 Å². The summed E-state index contributed by atoms with van der Waals surface area (Å²) in [5.74, 6) is 0.137. The molecule has 2 rings (SSSR count). The Morgan fingerprint density at radius 2 is 2.00 bits per heavy atom. The second-order valence-corrected chi connectivity index (χ2v) is 7.22. The highest BCUT2D eigenvalue weighted by molar-refractivity contribution is 8.00. The number of thioether (sulfide) groups is 1. The average Bonchev–Trinajstić information content (AvgIpc) is 2.43. The summed E-state index contributed by atoms with van der Waals surface area (Å²) in [4.78, 5) is 15.1. The van der Waals surface area contributed by atoms with Gasteiger partial charge in [-0.3, -0.25) is 4.79 Å². The molecule has 0 saturated carbocycles. The predicted octanol–water partition coefficient (Wildman–Crippen LogP) is 3.85. The second-order valence-electron chi connectivity index (χ2n) is 5.00. The maximum absolute atomic E-state index is 12.4. The number of nitrogens with two attached hydrogens (primary N) is 1. The first-order valence-electron chi connectivity index (χ1n) is 6.63. The van der Waals surface area contributed by atoms with Crippen LogP contribution in [0, 0.1) is 0 Å². The van der Waals surface area contributed by atoms with Crippen molar-refractivity contribution in [2.45, 2.75) is 36.0 Å². The van der Waals surface area contributed by atoms with Gasteiger partial charge in [0.25, 0.3) is 0 Å². The second kappa shape index (κ2) is 8.49. The first-order chi connectivity index (χ1) is 9.47. The van der Waals surface area contributed by atoms with Gasteiger partial charge in [-0.15, -0.1) is 24.2 Å². The molecule has 1 saturated heterocycles. The van der Waals surface area contributed by atoms with Crippen LogP contribution in [0.1, 0.15) is 19.8 Å². The van der Waals surface area contributed by atoms with Crippen LogP contribution in [0.25, 0.3) is 0 Å². The number of hydrogen-bond donors (Lipinski definition) is 1. The van der Waals surface area contributed by atoms with Crippen LogP contribution in [0.4, 0.5) is 0 Å². The van der Waals surface area contributed by atoms with Gasteiger partial charge in [0, 0.05) is 29.0 Å². The molecule has 0 radical (unpaired) electrons. The van der Waals surface area contributed by atoms with Crippen LogP contribution in [0.5, 0.6) is 0 Å². The van der Waals surface area contributed by atoms with E-state index in [4.69, 9.17) is 28.9 Å². The summed E-state index contributed by atoms with van der Waals surface area (Å²) in [5, 5.41) is 1.07. The summed E-state index contributed by atoms with van der Waals surface area (Å²) in [6.45, 7) is 3.39. The zero-order valence-electron chi connectivity index (χ0n) is 11.7. The third-order valence-electron chi connectivity index (χ3n) is 3.40. The summed E-state index contributed by atoms with van der Waals surface area (Å²) in [6.07, 6.45) is 1.75. The normalized spacial score (nSPS) is 17.2. The molecule has 1 unspecified atom stereocenters. The lowest BCUT2D eigenvalue weighted by atomic mass is 10.1. The van der Waals surface area contributed by atoms with Crippen LogP contribution < -0.4 is 5.73 Å². The van der Waals surface area contributed by atoms with E-state index in [9.17, 15) is 4.79 Å². The van der Waals surface area contributed by atoms with Gasteiger partial charge in [-0.2, -0.15) is 0 Å². The quantitative estimate of drug-likeness (QED) is 0.823. The molecule has 1 aliphatic rings. The third-order valence-corrected chi connectivity index (χ3v) is 5.22. The van der Waals surface area contributed by atoms with Crippen LogP contribution in [-0.2, 0) is 4.79 Å². The highest BCUT2D eigenvalue weighted by Gasteiger charge is 2.25.